The number of anilines is 2. The highest BCUT2D eigenvalue weighted by Crippen LogP contribution is 2.36. The zero-order chi connectivity index (χ0) is 22.7. The third-order valence-electron chi connectivity index (χ3n) is 4.74. The summed E-state index contributed by atoms with van der Waals surface area (Å²) in [5.74, 6) is 0.109. The molecule has 2 N–H and O–H groups in total. The Bertz CT molecular complexity index is 1280. The average molecular weight is 448 g/mol. The first-order valence-electron chi connectivity index (χ1n) is 9.78. The molecule has 0 atom stereocenters. The third kappa shape index (κ3) is 4.37. The van der Waals surface area contributed by atoms with Crippen LogP contribution < -0.4 is 15.4 Å². The van der Waals surface area contributed by atoms with Crippen LogP contribution in [0.25, 0.3) is 22.5 Å². The molecule has 162 valence electrons. The second-order valence-corrected chi connectivity index (χ2v) is 7.95. The molecule has 0 saturated heterocycles. The van der Waals surface area contributed by atoms with E-state index in [4.69, 9.17) is 4.74 Å². The Balaban J connectivity index is 1.65. The van der Waals surface area contributed by atoms with Crippen LogP contribution in [0.1, 0.15) is 17.3 Å². The van der Waals surface area contributed by atoms with Crippen molar-refractivity contribution in [3.63, 3.8) is 0 Å². The van der Waals surface area contributed by atoms with Gasteiger partial charge in [-0.3, -0.25) is 19.6 Å². The second kappa shape index (κ2) is 9.03. The Kier molecular flexibility index (Phi) is 6.00. The van der Waals surface area contributed by atoms with Gasteiger partial charge in [-0.15, -0.1) is 0 Å². The van der Waals surface area contributed by atoms with Crippen LogP contribution in [-0.2, 0) is 11.8 Å². The molecule has 4 aromatic rings. The number of aromatic nitrogens is 3. The topological polar surface area (TPSA) is 98.1 Å². The van der Waals surface area contributed by atoms with Gasteiger partial charge in [0.05, 0.1) is 12.8 Å². The van der Waals surface area contributed by atoms with Gasteiger partial charge >= 0.3 is 0 Å². The number of aryl methyl sites for hydroxylation is 1. The molecule has 0 spiro atoms. The van der Waals surface area contributed by atoms with Gasteiger partial charge in [0.2, 0.25) is 5.91 Å². The molecule has 0 fully saturated rings. The normalized spacial score (nSPS) is 10.6. The Labute approximate surface area is 188 Å². The van der Waals surface area contributed by atoms with Gasteiger partial charge < -0.3 is 10.1 Å². The summed E-state index contributed by atoms with van der Waals surface area (Å²) in [6, 6.07) is 16.5. The third-order valence-corrected chi connectivity index (χ3v) is 5.63. The number of ether oxygens (including phenoxy) is 1. The van der Waals surface area contributed by atoms with Crippen molar-refractivity contribution < 1.29 is 14.3 Å². The summed E-state index contributed by atoms with van der Waals surface area (Å²) in [7, 11) is 3.41. The molecule has 0 radical (unpaired) electrons. The van der Waals surface area contributed by atoms with Crippen LogP contribution in [0.3, 0.4) is 0 Å². The fourth-order valence-electron chi connectivity index (χ4n) is 3.27. The summed E-state index contributed by atoms with van der Waals surface area (Å²) in [6.07, 6.45) is 1.69. The number of nitrogens with one attached hydrogen (secondary N) is 2. The van der Waals surface area contributed by atoms with Gasteiger partial charge in [-0.1, -0.05) is 41.7 Å². The molecule has 4 rings (SSSR count). The van der Waals surface area contributed by atoms with E-state index in [1.54, 1.807) is 36.2 Å². The number of methoxy groups -OCH3 is 1. The fraction of sp³-hybridized carbons (Fsp3) is 0.130. The quantitative estimate of drug-likeness (QED) is 0.456. The number of hydrogen-bond acceptors (Lipinski definition) is 6. The van der Waals surface area contributed by atoms with Gasteiger partial charge in [0, 0.05) is 36.9 Å². The van der Waals surface area contributed by atoms with E-state index in [2.05, 4.69) is 20.7 Å². The van der Waals surface area contributed by atoms with Crippen molar-refractivity contribution in [2.45, 2.75) is 6.92 Å². The molecule has 32 heavy (non-hydrogen) atoms. The predicted molar refractivity (Wildman–Crippen MR) is 125 cm³/mol. The molecule has 2 heterocycles. The van der Waals surface area contributed by atoms with Gasteiger partial charge in [0.1, 0.15) is 16.4 Å². The van der Waals surface area contributed by atoms with Crippen LogP contribution in [0.4, 0.5) is 10.1 Å². The smallest absolute Gasteiger partial charge is 0.257 e. The molecule has 0 aliphatic heterocycles. The highest BCUT2D eigenvalue weighted by molar-refractivity contribution is 7.20. The molecule has 2 amide bonds. The van der Waals surface area contributed by atoms with Gasteiger partial charge in [-0.05, 0) is 24.3 Å². The molecule has 0 unspecified atom stereocenters. The zero-order valence-corrected chi connectivity index (χ0v) is 18.6. The zero-order valence-electron chi connectivity index (χ0n) is 17.7. The average Bonchev–Trinajstić information content (AvgIpc) is 3.39. The number of hydrogen-bond donors (Lipinski definition) is 2. The first-order chi connectivity index (χ1) is 15.5. The van der Waals surface area contributed by atoms with Crippen molar-refractivity contribution in [3.8, 4) is 28.3 Å². The Hall–Kier alpha value is -3.98. The Morgan fingerprint density at radius 2 is 1.84 bits per heavy atom. The largest absolute Gasteiger partial charge is 0.496 e. The van der Waals surface area contributed by atoms with Gasteiger partial charge in [0.15, 0.2) is 5.13 Å². The number of amides is 2. The lowest BCUT2D eigenvalue weighted by atomic mass is 10.1. The number of nitrogens with zero attached hydrogens (tertiary/aromatic N) is 3. The monoisotopic (exact) mass is 447 g/mol. The summed E-state index contributed by atoms with van der Waals surface area (Å²) in [5.41, 5.74) is 3.47. The number of benzene rings is 2. The second-order valence-electron chi connectivity index (χ2n) is 6.95. The summed E-state index contributed by atoms with van der Waals surface area (Å²) in [4.78, 5) is 29.2. The van der Waals surface area contributed by atoms with Gasteiger partial charge in [-0.2, -0.15) is 5.10 Å². The number of carbonyl (C=O) groups is 2. The van der Waals surface area contributed by atoms with E-state index in [1.165, 1.54) is 18.3 Å². The molecule has 2 aromatic carbocycles. The number of carbonyl (C=O) groups excluding carboxylic acids is 2. The minimum atomic E-state index is -0.321. The van der Waals surface area contributed by atoms with Crippen molar-refractivity contribution in [2.24, 2.45) is 7.05 Å². The summed E-state index contributed by atoms with van der Waals surface area (Å²) < 4.78 is 7.17. The molecule has 0 aliphatic carbocycles. The summed E-state index contributed by atoms with van der Waals surface area (Å²) in [5, 5.41) is 10.8. The highest BCUT2D eigenvalue weighted by atomic mass is 32.1. The molecule has 9 heteroatoms. The first kappa shape index (κ1) is 21.3. The van der Waals surface area contributed by atoms with E-state index >= 15 is 0 Å². The van der Waals surface area contributed by atoms with Crippen molar-refractivity contribution in [2.75, 3.05) is 17.7 Å². The molecular weight excluding hydrogens is 426 g/mol. The van der Waals surface area contributed by atoms with Crippen LogP contribution in [0.2, 0.25) is 0 Å². The maximum Gasteiger partial charge on any atom is 0.257 e. The Morgan fingerprint density at radius 3 is 2.50 bits per heavy atom. The van der Waals surface area contributed by atoms with E-state index in [1.807, 2.05) is 43.4 Å². The standard InChI is InChI=1S/C23H21N5O3S/c1-14(29)25-22-20(15-7-5-4-6-8-15)26-23(32-22)27-21(30)16-9-10-19(31-3)17(13-16)18-11-12-24-28(18)2/h4-13H,1-3H3,(H,25,29)(H,26,27,30). The Morgan fingerprint density at radius 1 is 1.06 bits per heavy atom. The van der Waals surface area contributed by atoms with Gasteiger partial charge in [0.25, 0.3) is 5.91 Å². The minimum Gasteiger partial charge on any atom is -0.496 e. The number of thiazole rings is 1. The predicted octanol–water partition coefficient (Wildman–Crippen LogP) is 4.43. The summed E-state index contributed by atoms with van der Waals surface area (Å²) in [6.45, 7) is 1.43. The van der Waals surface area contributed by atoms with E-state index in [-0.39, 0.29) is 11.8 Å². The number of rotatable bonds is 6. The highest BCUT2D eigenvalue weighted by Gasteiger charge is 2.18. The lowest BCUT2D eigenvalue weighted by molar-refractivity contribution is -0.114. The van der Waals surface area contributed by atoms with E-state index in [0.717, 1.165) is 16.8 Å². The van der Waals surface area contributed by atoms with Crippen LogP contribution in [-0.4, -0.2) is 33.7 Å². The maximum atomic E-state index is 13.0. The molecule has 2 aromatic heterocycles. The molecule has 8 nitrogen and oxygen atoms in total. The molecule has 0 aliphatic rings. The SMILES string of the molecule is COc1ccc(C(=O)Nc2nc(-c3ccccc3)c(NC(C)=O)s2)cc1-c1ccnn1C. The van der Waals surface area contributed by atoms with E-state index < -0.39 is 0 Å². The van der Waals surface area contributed by atoms with Gasteiger partial charge in [-0.25, -0.2) is 4.98 Å². The minimum absolute atomic E-state index is 0.209. The fourth-order valence-corrected chi connectivity index (χ4v) is 4.20. The molecule has 0 saturated carbocycles. The van der Waals surface area contributed by atoms with Crippen molar-refractivity contribution >= 4 is 33.3 Å². The lowest BCUT2D eigenvalue weighted by Gasteiger charge is -2.11. The first-order valence-corrected chi connectivity index (χ1v) is 10.6. The van der Waals surface area contributed by atoms with Crippen molar-refractivity contribution in [3.05, 3.63) is 66.4 Å². The van der Waals surface area contributed by atoms with Crippen LogP contribution >= 0.6 is 11.3 Å². The van der Waals surface area contributed by atoms with Crippen molar-refractivity contribution in [1.29, 1.82) is 0 Å². The molecule has 0 bridgehead atoms. The van der Waals surface area contributed by atoms with E-state index in [9.17, 15) is 9.59 Å². The lowest BCUT2D eigenvalue weighted by Crippen LogP contribution is -2.12. The summed E-state index contributed by atoms with van der Waals surface area (Å²) >= 11 is 1.20. The van der Waals surface area contributed by atoms with Crippen LogP contribution in [0.5, 0.6) is 5.75 Å². The maximum absolute atomic E-state index is 13.0. The van der Waals surface area contributed by atoms with Crippen LogP contribution in [0, 0.1) is 0 Å². The van der Waals surface area contributed by atoms with Crippen molar-refractivity contribution in [1.82, 2.24) is 14.8 Å². The van der Waals surface area contributed by atoms with Crippen LogP contribution in [0.15, 0.2) is 60.8 Å². The van der Waals surface area contributed by atoms with E-state index in [0.29, 0.717) is 27.1 Å². The molecular formula is C23H21N5O3S.